The SMILES string of the molecule is C=CCC[C@H]1CN(Cc2ccccc2)C[C@]1(Cc1ccccc1)C(=O)OC. The third-order valence-corrected chi connectivity index (χ3v) is 5.69. The van der Waals surface area contributed by atoms with E-state index in [2.05, 4.69) is 47.9 Å². The van der Waals surface area contributed by atoms with E-state index in [1.54, 1.807) is 0 Å². The maximum atomic E-state index is 13.0. The molecule has 27 heavy (non-hydrogen) atoms. The number of allylic oxidation sites excluding steroid dienone is 1. The Hall–Kier alpha value is -2.39. The highest BCUT2D eigenvalue weighted by Gasteiger charge is 2.52. The highest BCUT2D eigenvalue weighted by Crippen LogP contribution is 2.43. The van der Waals surface area contributed by atoms with Crippen molar-refractivity contribution >= 4 is 5.97 Å². The van der Waals surface area contributed by atoms with E-state index in [0.29, 0.717) is 6.42 Å². The van der Waals surface area contributed by atoms with E-state index in [1.807, 2.05) is 30.3 Å². The molecule has 0 N–H and O–H groups in total. The molecule has 2 atom stereocenters. The van der Waals surface area contributed by atoms with Crippen molar-refractivity contribution < 1.29 is 9.53 Å². The quantitative estimate of drug-likeness (QED) is 0.511. The number of rotatable bonds is 8. The van der Waals surface area contributed by atoms with Crippen molar-refractivity contribution in [1.29, 1.82) is 0 Å². The second kappa shape index (κ2) is 9.01. The van der Waals surface area contributed by atoms with Crippen LogP contribution in [0.4, 0.5) is 0 Å². The molecule has 0 saturated carbocycles. The largest absolute Gasteiger partial charge is 0.469 e. The lowest BCUT2D eigenvalue weighted by molar-refractivity contribution is -0.154. The maximum Gasteiger partial charge on any atom is 0.313 e. The molecular weight excluding hydrogens is 334 g/mol. The molecule has 0 aromatic heterocycles. The molecule has 0 unspecified atom stereocenters. The highest BCUT2D eigenvalue weighted by molar-refractivity contribution is 5.78. The summed E-state index contributed by atoms with van der Waals surface area (Å²) in [5.74, 6) is 0.169. The monoisotopic (exact) mass is 363 g/mol. The summed E-state index contributed by atoms with van der Waals surface area (Å²) in [5.41, 5.74) is 1.96. The van der Waals surface area contributed by atoms with Gasteiger partial charge in [-0.15, -0.1) is 6.58 Å². The van der Waals surface area contributed by atoms with E-state index in [9.17, 15) is 4.79 Å². The molecule has 142 valence electrons. The van der Waals surface area contributed by atoms with Crippen LogP contribution in [-0.2, 0) is 22.5 Å². The van der Waals surface area contributed by atoms with E-state index in [-0.39, 0.29) is 11.9 Å². The second-order valence-electron chi connectivity index (χ2n) is 7.53. The number of esters is 1. The normalized spacial score (nSPS) is 22.5. The predicted octanol–water partition coefficient (Wildman–Crippen LogP) is 4.49. The van der Waals surface area contributed by atoms with Crippen molar-refractivity contribution in [3.63, 3.8) is 0 Å². The van der Waals surface area contributed by atoms with Gasteiger partial charge in [0.1, 0.15) is 0 Å². The minimum Gasteiger partial charge on any atom is -0.469 e. The van der Waals surface area contributed by atoms with Gasteiger partial charge in [0.15, 0.2) is 0 Å². The van der Waals surface area contributed by atoms with Crippen molar-refractivity contribution in [3.8, 4) is 0 Å². The molecule has 0 radical (unpaired) electrons. The van der Waals surface area contributed by atoms with Gasteiger partial charge >= 0.3 is 5.97 Å². The summed E-state index contributed by atoms with van der Waals surface area (Å²) in [6, 6.07) is 20.8. The van der Waals surface area contributed by atoms with Crippen LogP contribution in [0.25, 0.3) is 0 Å². The van der Waals surface area contributed by atoms with Gasteiger partial charge < -0.3 is 4.74 Å². The Bertz CT molecular complexity index is 743. The van der Waals surface area contributed by atoms with Crippen molar-refractivity contribution in [2.45, 2.75) is 25.8 Å². The fourth-order valence-corrected chi connectivity index (χ4v) is 4.39. The number of nitrogens with zero attached hydrogens (tertiary/aromatic N) is 1. The van der Waals surface area contributed by atoms with Gasteiger partial charge in [-0.3, -0.25) is 9.69 Å². The molecule has 0 aliphatic carbocycles. The molecule has 1 fully saturated rings. The Morgan fingerprint density at radius 2 is 1.78 bits per heavy atom. The fourth-order valence-electron chi connectivity index (χ4n) is 4.39. The fraction of sp³-hybridized carbons (Fsp3) is 0.375. The Labute approximate surface area is 162 Å². The molecule has 1 saturated heterocycles. The Balaban J connectivity index is 1.88. The lowest BCUT2D eigenvalue weighted by atomic mass is 9.71. The summed E-state index contributed by atoms with van der Waals surface area (Å²) < 4.78 is 5.33. The van der Waals surface area contributed by atoms with Crippen LogP contribution in [-0.4, -0.2) is 31.1 Å². The van der Waals surface area contributed by atoms with E-state index in [4.69, 9.17) is 4.74 Å². The molecule has 0 spiro atoms. The van der Waals surface area contributed by atoms with Crippen molar-refractivity contribution in [2.24, 2.45) is 11.3 Å². The first-order chi connectivity index (χ1) is 13.2. The zero-order chi connectivity index (χ0) is 19.1. The van der Waals surface area contributed by atoms with Crippen LogP contribution >= 0.6 is 0 Å². The molecule has 1 heterocycles. The van der Waals surface area contributed by atoms with Gasteiger partial charge in [-0.05, 0) is 36.3 Å². The van der Waals surface area contributed by atoms with Crippen LogP contribution in [0.1, 0.15) is 24.0 Å². The summed E-state index contributed by atoms with van der Waals surface area (Å²) >= 11 is 0. The van der Waals surface area contributed by atoms with Crippen LogP contribution in [0.2, 0.25) is 0 Å². The number of ether oxygens (including phenoxy) is 1. The number of carbonyl (C=O) groups is 1. The predicted molar refractivity (Wildman–Crippen MR) is 109 cm³/mol. The molecule has 1 aliphatic heterocycles. The van der Waals surface area contributed by atoms with Gasteiger partial charge in [0, 0.05) is 19.6 Å². The molecule has 0 amide bonds. The van der Waals surface area contributed by atoms with Crippen LogP contribution in [0.3, 0.4) is 0 Å². The molecule has 0 bridgehead atoms. The average molecular weight is 364 g/mol. The summed E-state index contributed by atoms with van der Waals surface area (Å²) in [6.07, 6.45) is 4.53. The molecule has 2 aromatic rings. The number of likely N-dealkylation sites (tertiary alicyclic amines) is 1. The minimum atomic E-state index is -0.506. The lowest BCUT2D eigenvalue weighted by Gasteiger charge is -2.32. The van der Waals surface area contributed by atoms with Crippen molar-refractivity contribution in [3.05, 3.63) is 84.4 Å². The molecule has 3 rings (SSSR count). The molecule has 3 nitrogen and oxygen atoms in total. The van der Waals surface area contributed by atoms with Gasteiger partial charge in [0.2, 0.25) is 0 Å². The van der Waals surface area contributed by atoms with Gasteiger partial charge in [0.05, 0.1) is 12.5 Å². The summed E-state index contributed by atoms with van der Waals surface area (Å²) in [5, 5.41) is 0. The Morgan fingerprint density at radius 1 is 1.15 bits per heavy atom. The molecule has 1 aliphatic rings. The van der Waals surface area contributed by atoms with E-state index in [0.717, 1.165) is 32.5 Å². The number of methoxy groups -OCH3 is 1. The molecule has 3 heteroatoms. The lowest BCUT2D eigenvalue weighted by Crippen LogP contribution is -2.42. The Kier molecular flexibility index (Phi) is 6.46. The first kappa shape index (κ1) is 19.4. The van der Waals surface area contributed by atoms with Gasteiger partial charge in [0.25, 0.3) is 0 Å². The average Bonchev–Trinajstić information content (AvgIpc) is 3.05. The maximum absolute atomic E-state index is 13.0. The second-order valence-corrected chi connectivity index (χ2v) is 7.53. The van der Waals surface area contributed by atoms with Gasteiger partial charge in [-0.1, -0.05) is 66.7 Å². The van der Waals surface area contributed by atoms with Gasteiger partial charge in [-0.25, -0.2) is 0 Å². The van der Waals surface area contributed by atoms with Crippen molar-refractivity contribution in [1.82, 2.24) is 4.90 Å². The number of benzene rings is 2. The topological polar surface area (TPSA) is 29.5 Å². The summed E-state index contributed by atoms with van der Waals surface area (Å²) in [6.45, 7) is 6.37. The molecule has 2 aromatic carbocycles. The van der Waals surface area contributed by atoms with Crippen LogP contribution < -0.4 is 0 Å². The van der Waals surface area contributed by atoms with Crippen LogP contribution in [0, 0.1) is 11.3 Å². The van der Waals surface area contributed by atoms with E-state index in [1.165, 1.54) is 18.2 Å². The third kappa shape index (κ3) is 4.48. The number of hydrogen-bond donors (Lipinski definition) is 0. The first-order valence-electron chi connectivity index (χ1n) is 9.67. The van der Waals surface area contributed by atoms with Crippen LogP contribution in [0.15, 0.2) is 73.3 Å². The van der Waals surface area contributed by atoms with Gasteiger partial charge in [-0.2, -0.15) is 0 Å². The minimum absolute atomic E-state index is 0.0871. The number of hydrogen-bond acceptors (Lipinski definition) is 3. The Morgan fingerprint density at radius 3 is 2.37 bits per heavy atom. The third-order valence-electron chi connectivity index (χ3n) is 5.69. The van der Waals surface area contributed by atoms with E-state index < -0.39 is 5.41 Å². The first-order valence-corrected chi connectivity index (χ1v) is 9.67. The van der Waals surface area contributed by atoms with Crippen LogP contribution in [0.5, 0.6) is 0 Å². The zero-order valence-electron chi connectivity index (χ0n) is 16.1. The van der Waals surface area contributed by atoms with Crippen molar-refractivity contribution in [2.75, 3.05) is 20.2 Å². The zero-order valence-corrected chi connectivity index (χ0v) is 16.1. The summed E-state index contributed by atoms with van der Waals surface area (Å²) in [7, 11) is 1.51. The van der Waals surface area contributed by atoms with E-state index >= 15 is 0 Å². The smallest absolute Gasteiger partial charge is 0.313 e. The standard InChI is InChI=1S/C24H29NO2/c1-3-4-15-22-18-25(17-21-13-9-6-10-14-21)19-24(22,23(26)27-2)16-20-11-7-5-8-12-20/h3,5-14,22H,1,4,15-19H2,2H3/t22-,24-/m0/s1. The molecular formula is C24H29NO2. The number of carbonyl (C=O) groups excluding carboxylic acids is 1. The summed E-state index contributed by atoms with van der Waals surface area (Å²) in [4.78, 5) is 15.4. The highest BCUT2D eigenvalue weighted by atomic mass is 16.5.